The molecule has 0 aliphatic rings. The van der Waals surface area contributed by atoms with Crippen molar-refractivity contribution in [1.29, 1.82) is 0 Å². The molecule has 0 fully saturated rings. The van der Waals surface area contributed by atoms with Gasteiger partial charge in [-0.05, 0) is 47.7 Å². The van der Waals surface area contributed by atoms with Crippen LogP contribution in [0.25, 0.3) is 0 Å². The average Bonchev–Trinajstić information content (AvgIpc) is 2.70. The van der Waals surface area contributed by atoms with Gasteiger partial charge in [0.25, 0.3) is 0 Å². The summed E-state index contributed by atoms with van der Waals surface area (Å²) < 4.78 is 13.5. The molecule has 1 aromatic heterocycles. The highest BCUT2D eigenvalue weighted by Crippen LogP contribution is 2.21. The Bertz CT molecular complexity index is 562. The number of hydrogen-bond acceptors (Lipinski definition) is 2. The first-order chi connectivity index (χ1) is 8.08. The maximum absolute atomic E-state index is 13.5. The largest absolute Gasteiger partial charge is 0.293 e. The number of Topliss-reactive ketones (excluding diaryl/α,β-unsaturated/α-hetero) is 1. The number of ketones is 1. The van der Waals surface area contributed by atoms with E-state index in [0.717, 1.165) is 5.56 Å². The highest BCUT2D eigenvalue weighted by molar-refractivity contribution is 7.12. The van der Waals surface area contributed by atoms with E-state index < -0.39 is 5.82 Å². The number of carbonyl (C=O) groups excluding carboxylic acids is 1. The van der Waals surface area contributed by atoms with Crippen LogP contribution >= 0.6 is 22.9 Å². The van der Waals surface area contributed by atoms with Crippen LogP contribution in [0.15, 0.2) is 29.6 Å². The standard InChI is InChI=1S/C13H10ClFOS/c1-8-4-5-17-13(8)12(16)7-9-6-10(14)2-3-11(9)15/h2-6H,7H2,1H3. The third kappa shape index (κ3) is 2.73. The maximum Gasteiger partial charge on any atom is 0.177 e. The monoisotopic (exact) mass is 268 g/mol. The zero-order valence-corrected chi connectivity index (χ0v) is 10.7. The van der Waals surface area contributed by atoms with Crippen LogP contribution in [0.5, 0.6) is 0 Å². The molecule has 4 heteroatoms. The molecule has 0 bridgehead atoms. The Morgan fingerprint density at radius 3 is 2.82 bits per heavy atom. The van der Waals surface area contributed by atoms with Crippen LogP contribution in [0.2, 0.25) is 5.02 Å². The van der Waals surface area contributed by atoms with E-state index in [0.29, 0.717) is 15.5 Å². The summed E-state index contributed by atoms with van der Waals surface area (Å²) in [6.45, 7) is 1.87. The van der Waals surface area contributed by atoms with E-state index in [2.05, 4.69) is 0 Å². The molecule has 1 heterocycles. The van der Waals surface area contributed by atoms with E-state index in [1.165, 1.54) is 29.5 Å². The molecule has 17 heavy (non-hydrogen) atoms. The fraction of sp³-hybridized carbons (Fsp3) is 0.154. The van der Waals surface area contributed by atoms with Gasteiger partial charge in [-0.2, -0.15) is 0 Å². The third-order valence-corrected chi connectivity index (χ3v) is 3.77. The molecule has 1 nitrogen and oxygen atoms in total. The van der Waals surface area contributed by atoms with Crippen LogP contribution < -0.4 is 0 Å². The topological polar surface area (TPSA) is 17.1 Å². The molecule has 0 amide bonds. The van der Waals surface area contributed by atoms with E-state index in [1.54, 1.807) is 0 Å². The summed E-state index contributed by atoms with van der Waals surface area (Å²) >= 11 is 7.16. The molecule has 2 aromatic rings. The van der Waals surface area contributed by atoms with E-state index in [9.17, 15) is 9.18 Å². The van der Waals surface area contributed by atoms with Crippen molar-refractivity contribution < 1.29 is 9.18 Å². The van der Waals surface area contributed by atoms with Gasteiger partial charge in [-0.3, -0.25) is 4.79 Å². The smallest absolute Gasteiger partial charge is 0.177 e. The predicted molar refractivity (Wildman–Crippen MR) is 68.5 cm³/mol. The summed E-state index contributed by atoms with van der Waals surface area (Å²) in [5, 5.41) is 2.30. The first kappa shape index (κ1) is 12.3. The lowest BCUT2D eigenvalue weighted by molar-refractivity contribution is 0.0995. The van der Waals surface area contributed by atoms with Gasteiger partial charge in [-0.1, -0.05) is 11.6 Å². The molecule has 0 atom stereocenters. The molecule has 0 saturated carbocycles. The molecular formula is C13H10ClFOS. The zero-order chi connectivity index (χ0) is 12.4. The lowest BCUT2D eigenvalue weighted by atomic mass is 10.1. The highest BCUT2D eigenvalue weighted by atomic mass is 35.5. The van der Waals surface area contributed by atoms with Crippen molar-refractivity contribution in [2.24, 2.45) is 0 Å². The molecule has 0 aliphatic heterocycles. The quantitative estimate of drug-likeness (QED) is 0.760. The molecule has 0 unspecified atom stereocenters. The maximum atomic E-state index is 13.5. The van der Waals surface area contributed by atoms with Gasteiger partial charge in [0, 0.05) is 11.4 Å². The van der Waals surface area contributed by atoms with Gasteiger partial charge in [-0.25, -0.2) is 4.39 Å². The molecule has 1 aromatic carbocycles. The lowest BCUT2D eigenvalue weighted by Gasteiger charge is -2.03. The Balaban J connectivity index is 2.24. The Morgan fingerprint density at radius 2 is 2.18 bits per heavy atom. The van der Waals surface area contributed by atoms with Gasteiger partial charge in [0.05, 0.1) is 4.88 Å². The van der Waals surface area contributed by atoms with Gasteiger partial charge >= 0.3 is 0 Å². The van der Waals surface area contributed by atoms with Gasteiger partial charge in [0.2, 0.25) is 0 Å². The SMILES string of the molecule is Cc1ccsc1C(=O)Cc1cc(Cl)ccc1F. The zero-order valence-electron chi connectivity index (χ0n) is 9.17. The Morgan fingerprint density at radius 1 is 1.41 bits per heavy atom. The molecule has 0 spiro atoms. The van der Waals surface area contributed by atoms with Crippen LogP contribution in [0.3, 0.4) is 0 Å². The van der Waals surface area contributed by atoms with Crippen molar-refractivity contribution in [2.75, 3.05) is 0 Å². The molecule has 88 valence electrons. The number of hydrogen-bond donors (Lipinski definition) is 0. The first-order valence-electron chi connectivity index (χ1n) is 5.09. The first-order valence-corrected chi connectivity index (χ1v) is 6.35. The van der Waals surface area contributed by atoms with E-state index >= 15 is 0 Å². The third-order valence-electron chi connectivity index (χ3n) is 2.47. The lowest BCUT2D eigenvalue weighted by Crippen LogP contribution is -2.04. The Kier molecular flexibility index (Phi) is 3.60. The van der Waals surface area contributed by atoms with Gasteiger partial charge < -0.3 is 0 Å². The summed E-state index contributed by atoms with van der Waals surface area (Å²) in [5.41, 5.74) is 1.28. The van der Waals surface area contributed by atoms with Crippen molar-refractivity contribution in [3.05, 3.63) is 56.5 Å². The molecule has 0 N–H and O–H groups in total. The molecule has 2 rings (SSSR count). The summed E-state index contributed by atoms with van der Waals surface area (Å²) in [7, 11) is 0. The van der Waals surface area contributed by atoms with Crippen molar-refractivity contribution in [2.45, 2.75) is 13.3 Å². The number of aryl methyl sites for hydroxylation is 1. The number of halogens is 2. The number of thiophene rings is 1. The number of carbonyl (C=O) groups is 1. The molecule has 0 aliphatic carbocycles. The van der Waals surface area contributed by atoms with E-state index in [4.69, 9.17) is 11.6 Å². The minimum atomic E-state index is -0.392. The van der Waals surface area contributed by atoms with Gasteiger partial charge in [0.15, 0.2) is 5.78 Å². The van der Waals surface area contributed by atoms with Crippen LogP contribution in [0, 0.1) is 12.7 Å². The second-order valence-electron chi connectivity index (χ2n) is 3.77. The van der Waals surface area contributed by atoms with E-state index in [-0.39, 0.29) is 12.2 Å². The predicted octanol–water partition coefficient (Wildman–Crippen LogP) is 4.27. The van der Waals surface area contributed by atoms with E-state index in [1.807, 2.05) is 18.4 Å². The van der Waals surface area contributed by atoms with Crippen molar-refractivity contribution in [1.82, 2.24) is 0 Å². The minimum absolute atomic E-state index is 0.0494. The fourth-order valence-electron chi connectivity index (χ4n) is 1.59. The van der Waals surface area contributed by atoms with Crippen molar-refractivity contribution in [3.8, 4) is 0 Å². The van der Waals surface area contributed by atoms with Gasteiger partial charge in [-0.15, -0.1) is 11.3 Å². The molecule has 0 radical (unpaired) electrons. The van der Waals surface area contributed by atoms with Gasteiger partial charge in [0.1, 0.15) is 5.82 Å². The summed E-state index contributed by atoms with van der Waals surface area (Å²) in [5.74, 6) is -0.462. The second-order valence-corrected chi connectivity index (χ2v) is 5.12. The Hall–Kier alpha value is -1.19. The van der Waals surface area contributed by atoms with Crippen molar-refractivity contribution in [3.63, 3.8) is 0 Å². The van der Waals surface area contributed by atoms with Crippen LogP contribution in [0.4, 0.5) is 4.39 Å². The normalized spacial score (nSPS) is 10.5. The Labute approximate surface area is 108 Å². The highest BCUT2D eigenvalue weighted by Gasteiger charge is 2.14. The fourth-order valence-corrected chi connectivity index (χ4v) is 2.65. The minimum Gasteiger partial charge on any atom is -0.293 e. The number of rotatable bonds is 3. The summed E-state index contributed by atoms with van der Waals surface area (Å²) in [6.07, 6.45) is 0.0494. The van der Waals surface area contributed by atoms with Crippen LogP contribution in [0.1, 0.15) is 20.8 Å². The van der Waals surface area contributed by atoms with Crippen molar-refractivity contribution >= 4 is 28.7 Å². The summed E-state index contributed by atoms with van der Waals surface area (Å²) in [6, 6.07) is 6.14. The van der Waals surface area contributed by atoms with Crippen LogP contribution in [-0.2, 0) is 6.42 Å². The summed E-state index contributed by atoms with van der Waals surface area (Å²) in [4.78, 5) is 12.6. The second kappa shape index (κ2) is 4.98. The molecular weight excluding hydrogens is 259 g/mol. The molecule has 0 saturated heterocycles. The average molecular weight is 269 g/mol. The number of benzene rings is 1. The van der Waals surface area contributed by atoms with Crippen LogP contribution in [-0.4, -0.2) is 5.78 Å².